The molecule has 0 aromatic rings. The van der Waals surface area contributed by atoms with Gasteiger partial charge in [-0.1, -0.05) is 54.0 Å². The van der Waals surface area contributed by atoms with Gasteiger partial charge in [0.1, 0.15) is 0 Å². The first-order valence-corrected chi connectivity index (χ1v) is 13.8. The van der Waals surface area contributed by atoms with E-state index in [1.165, 1.54) is 13.2 Å². The van der Waals surface area contributed by atoms with Crippen molar-refractivity contribution in [2.24, 2.45) is 50.2 Å². The fourth-order valence-electron chi connectivity index (χ4n) is 10.0. The molecule has 0 N–H and O–H groups in total. The first-order chi connectivity index (χ1) is 16.5. The number of Topliss-reactive ketones (excluding diaryl/α,β-unsaturated/α-hetero) is 1. The van der Waals surface area contributed by atoms with E-state index in [9.17, 15) is 14.4 Å². The highest BCUT2D eigenvalue weighted by Gasteiger charge is 2.71. The van der Waals surface area contributed by atoms with Gasteiger partial charge >= 0.3 is 5.97 Å². The largest absolute Gasteiger partial charge is 0.469 e. The zero-order valence-corrected chi connectivity index (χ0v) is 23.3. The van der Waals surface area contributed by atoms with Gasteiger partial charge in [-0.05, 0) is 85.2 Å². The normalized spacial score (nSPS) is 46.9. The number of halogens is 1. The Labute approximate surface area is 215 Å². The highest BCUT2D eigenvalue weighted by molar-refractivity contribution is 6.00. The number of carbonyl (C=O) groups excluding carboxylic acids is 3. The van der Waals surface area contributed by atoms with Crippen molar-refractivity contribution in [3.63, 3.8) is 0 Å². The maximum absolute atomic E-state index is 15.1. The van der Waals surface area contributed by atoms with E-state index >= 15 is 4.39 Å². The molecule has 5 heteroatoms. The second-order valence-electron chi connectivity index (χ2n) is 14.7. The Bertz CT molecular complexity index is 1110. The second kappa shape index (κ2) is 7.41. The van der Waals surface area contributed by atoms with Crippen LogP contribution < -0.4 is 0 Å². The minimum atomic E-state index is -0.823. The van der Waals surface area contributed by atoms with Crippen LogP contribution >= 0.6 is 0 Å². The highest BCUT2D eigenvalue weighted by Crippen LogP contribution is 2.74. The Balaban J connectivity index is 1.69. The third-order valence-electron chi connectivity index (χ3n) is 12.3. The maximum atomic E-state index is 15.1. The Kier molecular flexibility index (Phi) is 5.32. The molecule has 0 bridgehead atoms. The van der Waals surface area contributed by atoms with Crippen molar-refractivity contribution in [3.8, 4) is 0 Å². The number of carbonyl (C=O) groups is 3. The minimum Gasteiger partial charge on any atom is -0.469 e. The van der Waals surface area contributed by atoms with Gasteiger partial charge in [-0.15, -0.1) is 0 Å². The van der Waals surface area contributed by atoms with Gasteiger partial charge in [-0.3, -0.25) is 14.4 Å². The summed E-state index contributed by atoms with van der Waals surface area (Å²) in [5, 5.41) is 0. The molecule has 3 saturated carbocycles. The number of ether oxygens (including phenoxy) is 1. The average Bonchev–Trinajstić information content (AvgIpc) is 2.78. The zero-order valence-electron chi connectivity index (χ0n) is 23.3. The van der Waals surface area contributed by atoms with Gasteiger partial charge in [-0.2, -0.15) is 0 Å². The summed E-state index contributed by atoms with van der Waals surface area (Å²) in [5.74, 6) is -1.59. The Morgan fingerprint density at radius 2 is 1.61 bits per heavy atom. The first kappa shape index (κ1) is 25.9. The SMILES string of the molecule is COC(=O)[C@]12CCC(C)(C)CC1C1C(=O)C=C3[C@@]4(C)C=C(F)C(=O)C(C)(C)[C@@H]4CC[C@@]3(C)[C@]1(C)CC2. The van der Waals surface area contributed by atoms with E-state index in [1.54, 1.807) is 0 Å². The second-order valence-corrected chi connectivity index (χ2v) is 14.7. The summed E-state index contributed by atoms with van der Waals surface area (Å²) in [4.78, 5) is 40.4. The van der Waals surface area contributed by atoms with Crippen molar-refractivity contribution >= 4 is 17.5 Å². The van der Waals surface area contributed by atoms with Crippen molar-refractivity contribution in [2.75, 3.05) is 7.11 Å². The van der Waals surface area contributed by atoms with Gasteiger partial charge in [0.15, 0.2) is 17.4 Å². The van der Waals surface area contributed by atoms with E-state index in [-0.39, 0.29) is 45.8 Å². The number of fused-ring (bicyclic) bond motifs is 7. The van der Waals surface area contributed by atoms with Crippen molar-refractivity contribution in [1.82, 2.24) is 0 Å². The van der Waals surface area contributed by atoms with E-state index in [4.69, 9.17) is 4.74 Å². The lowest BCUT2D eigenvalue weighted by Gasteiger charge is -2.68. The Morgan fingerprint density at radius 1 is 0.972 bits per heavy atom. The van der Waals surface area contributed by atoms with Crippen LogP contribution in [-0.2, 0) is 19.1 Å². The molecule has 0 spiro atoms. The van der Waals surface area contributed by atoms with E-state index in [1.807, 2.05) is 26.8 Å². The molecule has 5 aliphatic rings. The third-order valence-corrected chi connectivity index (χ3v) is 12.3. The molecule has 0 amide bonds. The van der Waals surface area contributed by atoms with Crippen LogP contribution in [0, 0.1) is 50.2 Å². The molecule has 3 fully saturated rings. The third kappa shape index (κ3) is 2.95. The number of hydrogen-bond acceptors (Lipinski definition) is 4. The summed E-state index contributed by atoms with van der Waals surface area (Å²) in [6.45, 7) is 14.8. The fraction of sp³-hybridized carbons (Fsp3) is 0.774. The molecule has 0 saturated heterocycles. The van der Waals surface area contributed by atoms with Crippen molar-refractivity contribution in [2.45, 2.75) is 93.4 Å². The quantitative estimate of drug-likeness (QED) is 0.374. The molecule has 5 aliphatic carbocycles. The summed E-state index contributed by atoms with van der Waals surface area (Å²) in [6, 6.07) is 0. The van der Waals surface area contributed by atoms with Crippen LogP contribution in [0.1, 0.15) is 93.4 Å². The molecule has 2 unspecified atom stereocenters. The summed E-state index contributed by atoms with van der Waals surface area (Å²) in [5.41, 5.74) is -1.77. The average molecular weight is 499 g/mol. The molecule has 0 aromatic heterocycles. The molecule has 0 heterocycles. The van der Waals surface area contributed by atoms with Crippen LogP contribution in [-0.4, -0.2) is 24.6 Å². The van der Waals surface area contributed by atoms with Crippen molar-refractivity contribution in [1.29, 1.82) is 0 Å². The van der Waals surface area contributed by atoms with Gasteiger partial charge in [0, 0.05) is 16.7 Å². The minimum absolute atomic E-state index is 0.0505. The molecule has 5 rings (SSSR count). The molecule has 198 valence electrons. The summed E-state index contributed by atoms with van der Waals surface area (Å²) in [7, 11) is 1.47. The van der Waals surface area contributed by atoms with Gasteiger partial charge in [0.05, 0.1) is 12.5 Å². The fourth-order valence-corrected chi connectivity index (χ4v) is 10.0. The lowest BCUT2D eigenvalue weighted by atomic mass is 9.34. The standard InChI is InChI=1S/C31H43FO4/c1-26(2)11-13-31(25(35)36-8)14-12-30(7)23(18(31)16-26)20(33)15-22-28(5)17-19(32)24(34)27(3,4)21(28)9-10-29(22,30)6/h15,17-18,21,23H,9-14,16H2,1-8H3/t18?,21-,23?,28-,29+,30+,31-/m0/s1. The molecule has 0 radical (unpaired) electrons. The van der Waals surface area contributed by atoms with Crippen molar-refractivity contribution < 1.29 is 23.5 Å². The lowest BCUT2D eigenvalue weighted by molar-refractivity contribution is -0.191. The smallest absolute Gasteiger partial charge is 0.312 e. The first-order valence-electron chi connectivity index (χ1n) is 13.8. The predicted molar refractivity (Wildman–Crippen MR) is 136 cm³/mol. The van der Waals surface area contributed by atoms with Crippen molar-refractivity contribution in [3.05, 3.63) is 23.6 Å². The van der Waals surface area contributed by atoms with E-state index in [2.05, 4.69) is 27.7 Å². The maximum Gasteiger partial charge on any atom is 0.312 e. The number of methoxy groups -OCH3 is 1. The molecule has 36 heavy (non-hydrogen) atoms. The summed E-state index contributed by atoms with van der Waals surface area (Å²) < 4.78 is 20.5. The Hall–Kier alpha value is -1.78. The topological polar surface area (TPSA) is 60.4 Å². The molecular weight excluding hydrogens is 455 g/mol. The molecule has 0 aromatic carbocycles. The summed E-state index contributed by atoms with van der Waals surface area (Å²) >= 11 is 0. The van der Waals surface area contributed by atoms with Gasteiger partial charge < -0.3 is 4.74 Å². The van der Waals surface area contributed by atoms with Crippen LogP contribution in [0.2, 0.25) is 0 Å². The number of rotatable bonds is 1. The number of ketones is 2. The van der Waals surface area contributed by atoms with E-state index in [0.29, 0.717) is 0 Å². The number of allylic oxidation sites excluding steroid dienone is 4. The molecular formula is C31H43FO4. The van der Waals surface area contributed by atoms with E-state index in [0.717, 1.165) is 50.5 Å². The van der Waals surface area contributed by atoms with E-state index < -0.39 is 27.9 Å². The number of hydrogen-bond donors (Lipinski definition) is 0. The summed E-state index contributed by atoms with van der Waals surface area (Å²) in [6.07, 6.45) is 9.02. The van der Waals surface area contributed by atoms with Crippen LogP contribution in [0.4, 0.5) is 4.39 Å². The number of esters is 1. The van der Waals surface area contributed by atoms with Crippen LogP contribution in [0.25, 0.3) is 0 Å². The van der Waals surface area contributed by atoms with Crippen LogP contribution in [0.15, 0.2) is 23.6 Å². The highest BCUT2D eigenvalue weighted by atomic mass is 19.1. The van der Waals surface area contributed by atoms with Crippen LogP contribution in [0.3, 0.4) is 0 Å². The molecule has 0 aliphatic heterocycles. The molecule has 7 atom stereocenters. The zero-order chi connectivity index (χ0) is 26.7. The Morgan fingerprint density at radius 3 is 2.25 bits per heavy atom. The van der Waals surface area contributed by atoms with Crippen LogP contribution in [0.5, 0.6) is 0 Å². The predicted octanol–water partition coefficient (Wildman–Crippen LogP) is 6.78. The van der Waals surface area contributed by atoms with Gasteiger partial charge in [-0.25, -0.2) is 4.39 Å². The molecule has 4 nitrogen and oxygen atoms in total. The van der Waals surface area contributed by atoms with Gasteiger partial charge in [0.25, 0.3) is 0 Å². The monoisotopic (exact) mass is 498 g/mol. The lowest BCUT2D eigenvalue weighted by Crippen LogP contribution is -2.65. The van der Waals surface area contributed by atoms with Gasteiger partial charge in [0.2, 0.25) is 0 Å².